The van der Waals surface area contributed by atoms with E-state index in [1.165, 1.54) is 16.7 Å². The Morgan fingerprint density at radius 2 is 1.39 bits per heavy atom. The summed E-state index contributed by atoms with van der Waals surface area (Å²) in [6.45, 7) is 3.74. The average Bonchev–Trinajstić information content (AvgIpc) is 2.42. The van der Waals surface area contributed by atoms with E-state index in [0.29, 0.717) is 0 Å². The predicted molar refractivity (Wildman–Crippen MR) is 80.8 cm³/mol. The summed E-state index contributed by atoms with van der Waals surface area (Å²) in [4.78, 5) is 0. The molecule has 1 N–H and O–H groups in total. The molecule has 0 radical (unpaired) electrons. The largest absolute Gasteiger partial charge is 0.323 e. The van der Waals surface area contributed by atoms with E-state index in [4.69, 9.17) is 0 Å². The maximum atomic E-state index is 3.74. The summed E-state index contributed by atoms with van der Waals surface area (Å²) in [5.41, 5.74) is 3.84. The van der Waals surface area contributed by atoms with E-state index in [9.17, 15) is 0 Å². The first-order valence-electron chi connectivity index (χ1n) is 6.15. The van der Waals surface area contributed by atoms with Crippen LogP contribution in [-0.4, -0.2) is 14.1 Å². The maximum Gasteiger partial charge on any atom is -0.0100 e. The van der Waals surface area contributed by atoms with Crippen molar-refractivity contribution < 1.29 is 0 Å². The number of benzene rings is 2. The van der Waals surface area contributed by atoms with Gasteiger partial charge in [-0.2, -0.15) is 0 Å². The molecule has 1 nitrogen and oxygen atoms in total. The van der Waals surface area contributed by atoms with Gasteiger partial charge in [-0.3, -0.25) is 0 Å². The van der Waals surface area contributed by atoms with Crippen LogP contribution in [0.5, 0.6) is 0 Å². The Morgan fingerprint density at radius 1 is 0.889 bits per heavy atom. The van der Waals surface area contributed by atoms with Crippen molar-refractivity contribution in [3.8, 4) is 11.1 Å². The summed E-state index contributed by atoms with van der Waals surface area (Å²) in [7, 11) is 3.75. The Hall–Kier alpha value is -1.86. The molecular weight excluding hydrogens is 218 g/mol. The molecule has 0 aliphatic carbocycles. The number of hydrogen-bond acceptors (Lipinski definition) is 1. The molecular formula is C17H21N. The molecule has 0 spiro atoms. The van der Waals surface area contributed by atoms with Gasteiger partial charge in [0, 0.05) is 0 Å². The minimum absolute atomic E-state index is 0.940. The number of hydrogen-bond donors (Lipinski definition) is 1. The highest BCUT2D eigenvalue weighted by molar-refractivity contribution is 5.63. The van der Waals surface area contributed by atoms with Gasteiger partial charge in [-0.15, -0.1) is 6.58 Å². The van der Waals surface area contributed by atoms with Gasteiger partial charge in [0.1, 0.15) is 0 Å². The van der Waals surface area contributed by atoms with Crippen LogP contribution >= 0.6 is 0 Å². The van der Waals surface area contributed by atoms with Crippen molar-refractivity contribution in [2.24, 2.45) is 0 Å². The number of rotatable bonds is 3. The fourth-order valence-corrected chi connectivity index (χ4v) is 1.63. The Balaban J connectivity index is 0.000000492. The average molecular weight is 239 g/mol. The Labute approximate surface area is 110 Å². The first kappa shape index (κ1) is 14.2. The standard InChI is InChI=1S/C15H14.C2H7N/c1-2-6-13-9-11-15(12-10-13)14-7-4-3-5-8-14;1-3-2/h2-5,7-12H,1,6H2;3H,1-2H3. The summed E-state index contributed by atoms with van der Waals surface area (Å²) in [5, 5.41) is 2.75. The molecule has 0 amide bonds. The molecule has 94 valence electrons. The van der Waals surface area contributed by atoms with Crippen LogP contribution < -0.4 is 5.32 Å². The second-order valence-corrected chi connectivity index (χ2v) is 4.06. The lowest BCUT2D eigenvalue weighted by atomic mass is 10.0. The molecule has 1 heteroatoms. The van der Waals surface area contributed by atoms with Crippen LogP contribution in [0.25, 0.3) is 11.1 Å². The molecule has 0 heterocycles. The van der Waals surface area contributed by atoms with Crippen molar-refractivity contribution in [2.75, 3.05) is 14.1 Å². The third kappa shape index (κ3) is 4.56. The quantitative estimate of drug-likeness (QED) is 0.801. The van der Waals surface area contributed by atoms with Crippen LogP contribution in [0.15, 0.2) is 67.3 Å². The van der Waals surface area contributed by atoms with E-state index in [1.54, 1.807) is 0 Å². The monoisotopic (exact) mass is 239 g/mol. The first-order chi connectivity index (χ1) is 8.81. The minimum Gasteiger partial charge on any atom is -0.323 e. The van der Waals surface area contributed by atoms with Crippen molar-refractivity contribution >= 4 is 0 Å². The van der Waals surface area contributed by atoms with Crippen LogP contribution in [0.4, 0.5) is 0 Å². The van der Waals surface area contributed by atoms with Crippen LogP contribution in [0.1, 0.15) is 5.56 Å². The van der Waals surface area contributed by atoms with Gasteiger partial charge in [0.25, 0.3) is 0 Å². The van der Waals surface area contributed by atoms with Crippen molar-refractivity contribution in [3.63, 3.8) is 0 Å². The summed E-state index contributed by atoms with van der Waals surface area (Å²) in [6, 6.07) is 19.1. The summed E-state index contributed by atoms with van der Waals surface area (Å²) < 4.78 is 0. The first-order valence-corrected chi connectivity index (χ1v) is 6.15. The highest BCUT2D eigenvalue weighted by atomic mass is 14.7. The second kappa shape index (κ2) is 8.26. The van der Waals surface area contributed by atoms with Gasteiger partial charge in [0.15, 0.2) is 0 Å². The molecule has 18 heavy (non-hydrogen) atoms. The normalized spacial score (nSPS) is 9.22. The van der Waals surface area contributed by atoms with E-state index < -0.39 is 0 Å². The zero-order valence-corrected chi connectivity index (χ0v) is 11.2. The zero-order chi connectivity index (χ0) is 13.2. The summed E-state index contributed by atoms with van der Waals surface area (Å²) in [6.07, 6.45) is 2.87. The Morgan fingerprint density at radius 3 is 1.89 bits per heavy atom. The van der Waals surface area contributed by atoms with Crippen LogP contribution in [0.2, 0.25) is 0 Å². The summed E-state index contributed by atoms with van der Waals surface area (Å²) >= 11 is 0. The number of allylic oxidation sites excluding steroid dienone is 1. The second-order valence-electron chi connectivity index (χ2n) is 4.06. The predicted octanol–water partition coefficient (Wildman–Crippen LogP) is 3.92. The molecule has 0 saturated heterocycles. The Kier molecular flexibility index (Phi) is 6.52. The molecule has 0 bridgehead atoms. The molecule has 0 atom stereocenters. The Bertz CT molecular complexity index is 443. The fraction of sp³-hybridized carbons (Fsp3) is 0.176. The SMILES string of the molecule is C=CCc1ccc(-c2ccccc2)cc1.CNC. The topological polar surface area (TPSA) is 12.0 Å². The van der Waals surface area contributed by atoms with E-state index in [0.717, 1.165) is 6.42 Å². The van der Waals surface area contributed by atoms with Crippen molar-refractivity contribution in [1.82, 2.24) is 5.32 Å². The lowest BCUT2D eigenvalue weighted by Gasteiger charge is -2.02. The highest BCUT2D eigenvalue weighted by Gasteiger charge is 1.95. The van der Waals surface area contributed by atoms with E-state index >= 15 is 0 Å². The number of nitrogens with one attached hydrogen (secondary N) is 1. The van der Waals surface area contributed by atoms with Crippen LogP contribution in [0, 0.1) is 0 Å². The third-order valence-corrected chi connectivity index (χ3v) is 2.44. The molecule has 0 aromatic heterocycles. The van der Waals surface area contributed by atoms with Gasteiger partial charge in [-0.05, 0) is 37.2 Å². The van der Waals surface area contributed by atoms with Crippen molar-refractivity contribution in [1.29, 1.82) is 0 Å². The van der Waals surface area contributed by atoms with Gasteiger partial charge in [0.05, 0.1) is 0 Å². The molecule has 0 aliphatic heterocycles. The van der Waals surface area contributed by atoms with Gasteiger partial charge in [-0.25, -0.2) is 0 Å². The van der Waals surface area contributed by atoms with Crippen molar-refractivity contribution in [2.45, 2.75) is 6.42 Å². The molecule has 2 aromatic carbocycles. The molecule has 0 aliphatic rings. The summed E-state index contributed by atoms with van der Waals surface area (Å²) in [5.74, 6) is 0. The minimum atomic E-state index is 0.940. The van der Waals surface area contributed by atoms with Gasteiger partial charge in [0.2, 0.25) is 0 Å². The fourth-order valence-electron chi connectivity index (χ4n) is 1.63. The maximum absolute atomic E-state index is 3.74. The van der Waals surface area contributed by atoms with E-state index in [1.807, 2.05) is 26.2 Å². The zero-order valence-electron chi connectivity index (χ0n) is 11.2. The van der Waals surface area contributed by atoms with Gasteiger partial charge < -0.3 is 5.32 Å². The van der Waals surface area contributed by atoms with Gasteiger partial charge >= 0.3 is 0 Å². The molecule has 0 unspecified atom stereocenters. The molecule has 2 rings (SSSR count). The van der Waals surface area contributed by atoms with Crippen LogP contribution in [0.3, 0.4) is 0 Å². The lowest BCUT2D eigenvalue weighted by molar-refractivity contribution is 1.02. The lowest BCUT2D eigenvalue weighted by Crippen LogP contribution is -1.89. The van der Waals surface area contributed by atoms with E-state index in [2.05, 4.69) is 60.4 Å². The highest BCUT2D eigenvalue weighted by Crippen LogP contribution is 2.19. The smallest absolute Gasteiger partial charge is 0.0100 e. The van der Waals surface area contributed by atoms with Gasteiger partial charge in [-0.1, -0.05) is 60.7 Å². The van der Waals surface area contributed by atoms with Crippen molar-refractivity contribution in [3.05, 3.63) is 72.8 Å². The molecule has 2 aromatic rings. The van der Waals surface area contributed by atoms with Crippen LogP contribution in [-0.2, 0) is 6.42 Å². The molecule has 0 saturated carbocycles. The van der Waals surface area contributed by atoms with E-state index in [-0.39, 0.29) is 0 Å². The third-order valence-electron chi connectivity index (χ3n) is 2.44. The molecule has 0 fully saturated rings.